The van der Waals surface area contributed by atoms with Crippen LogP contribution in [0, 0.1) is 5.41 Å². The van der Waals surface area contributed by atoms with Crippen molar-refractivity contribution in [3.05, 3.63) is 0 Å². The summed E-state index contributed by atoms with van der Waals surface area (Å²) in [5.74, 6) is 0. The van der Waals surface area contributed by atoms with Crippen molar-refractivity contribution < 1.29 is 9.47 Å². The minimum atomic E-state index is 0.294. The molecule has 2 rings (SSSR count). The van der Waals surface area contributed by atoms with E-state index in [1.165, 1.54) is 0 Å². The highest BCUT2D eigenvalue weighted by atomic mass is 79.9. The molecule has 0 spiro atoms. The Balaban J connectivity index is 1.83. The van der Waals surface area contributed by atoms with Crippen molar-refractivity contribution in [1.29, 1.82) is 0 Å². The van der Waals surface area contributed by atoms with E-state index in [-0.39, 0.29) is 0 Å². The van der Waals surface area contributed by atoms with Gasteiger partial charge in [-0.05, 0) is 12.8 Å². The second-order valence-electron chi connectivity index (χ2n) is 4.63. The highest BCUT2D eigenvalue weighted by Crippen LogP contribution is 2.47. The van der Waals surface area contributed by atoms with Crippen LogP contribution in [0.5, 0.6) is 0 Å². The molecule has 2 nitrogen and oxygen atoms in total. The number of alkyl halides is 1. The maximum atomic E-state index is 5.98. The molecule has 76 valence electrons. The Kier molecular flexibility index (Phi) is 2.69. The fourth-order valence-electron chi connectivity index (χ4n) is 1.92. The Morgan fingerprint density at radius 3 is 2.69 bits per heavy atom. The largest absolute Gasteiger partial charge is 0.379 e. The Labute approximate surface area is 88.1 Å². The predicted molar refractivity (Wildman–Crippen MR) is 55.2 cm³/mol. The molecule has 1 saturated carbocycles. The van der Waals surface area contributed by atoms with Crippen LogP contribution in [0.15, 0.2) is 0 Å². The number of hydrogen-bond donors (Lipinski definition) is 0. The van der Waals surface area contributed by atoms with Crippen LogP contribution in [0.2, 0.25) is 0 Å². The van der Waals surface area contributed by atoms with Crippen LogP contribution in [0.1, 0.15) is 26.7 Å². The summed E-state index contributed by atoms with van der Waals surface area (Å²) in [5.41, 5.74) is 0.294. The van der Waals surface area contributed by atoms with Crippen molar-refractivity contribution in [1.82, 2.24) is 0 Å². The predicted octanol–water partition coefficient (Wildman–Crippen LogP) is 2.35. The highest BCUT2D eigenvalue weighted by Gasteiger charge is 2.48. The number of rotatable bonds is 2. The molecule has 3 heteroatoms. The molecule has 0 aromatic rings. The molecule has 1 heterocycles. The zero-order valence-corrected chi connectivity index (χ0v) is 9.84. The van der Waals surface area contributed by atoms with Gasteiger partial charge >= 0.3 is 0 Å². The van der Waals surface area contributed by atoms with Crippen LogP contribution in [-0.2, 0) is 9.47 Å². The number of halogens is 1. The molecule has 0 aromatic carbocycles. The molecule has 0 radical (unpaired) electrons. The summed E-state index contributed by atoms with van der Waals surface area (Å²) in [6.45, 7) is 6.18. The highest BCUT2D eigenvalue weighted by molar-refractivity contribution is 9.09. The smallest absolute Gasteiger partial charge is 0.0834 e. The van der Waals surface area contributed by atoms with E-state index >= 15 is 0 Å². The first-order valence-electron chi connectivity index (χ1n) is 4.98. The molecule has 0 aromatic heterocycles. The standard InChI is InChI=1S/C10H17BrO2/c1-10(2)8(11)5-9(10)13-7-3-4-12-6-7/h7-9H,3-6H2,1-2H3. The van der Waals surface area contributed by atoms with Gasteiger partial charge in [0.15, 0.2) is 0 Å². The summed E-state index contributed by atoms with van der Waals surface area (Å²) >= 11 is 3.66. The Hall–Kier alpha value is 0.400. The SMILES string of the molecule is CC1(C)C(Br)CC1OC1CCOC1. The molecule has 1 saturated heterocycles. The van der Waals surface area contributed by atoms with Crippen LogP contribution in [0.25, 0.3) is 0 Å². The summed E-state index contributed by atoms with van der Waals surface area (Å²) in [6.07, 6.45) is 2.98. The lowest BCUT2D eigenvalue weighted by Gasteiger charge is -2.49. The van der Waals surface area contributed by atoms with Crippen molar-refractivity contribution in [3.63, 3.8) is 0 Å². The first-order chi connectivity index (χ1) is 6.10. The first-order valence-corrected chi connectivity index (χ1v) is 5.89. The molecule has 13 heavy (non-hydrogen) atoms. The molecule has 3 atom stereocenters. The molecule has 1 aliphatic heterocycles. The van der Waals surface area contributed by atoms with Gasteiger partial charge in [0, 0.05) is 16.8 Å². The lowest BCUT2D eigenvalue weighted by Crippen LogP contribution is -2.52. The van der Waals surface area contributed by atoms with Gasteiger partial charge in [0.25, 0.3) is 0 Å². The van der Waals surface area contributed by atoms with Gasteiger partial charge < -0.3 is 9.47 Å². The lowest BCUT2D eigenvalue weighted by molar-refractivity contribution is -0.120. The first kappa shape index (κ1) is 9.94. The maximum absolute atomic E-state index is 5.98. The summed E-state index contributed by atoms with van der Waals surface area (Å²) < 4.78 is 11.3. The van der Waals surface area contributed by atoms with Gasteiger partial charge in [-0.2, -0.15) is 0 Å². The Bertz CT molecular complexity index is 187. The van der Waals surface area contributed by atoms with Crippen molar-refractivity contribution >= 4 is 15.9 Å². The Morgan fingerprint density at radius 1 is 1.46 bits per heavy atom. The fourth-order valence-corrected chi connectivity index (χ4v) is 2.55. The zero-order chi connectivity index (χ0) is 9.47. The third kappa shape index (κ3) is 1.79. The van der Waals surface area contributed by atoms with Crippen LogP contribution in [0.3, 0.4) is 0 Å². The topological polar surface area (TPSA) is 18.5 Å². The Morgan fingerprint density at radius 2 is 2.23 bits per heavy atom. The molecule has 1 aliphatic carbocycles. The van der Waals surface area contributed by atoms with Gasteiger partial charge in [0.1, 0.15) is 0 Å². The van der Waals surface area contributed by atoms with E-state index in [9.17, 15) is 0 Å². The summed E-state index contributed by atoms with van der Waals surface area (Å²) in [6, 6.07) is 0. The van der Waals surface area contributed by atoms with Crippen LogP contribution in [-0.4, -0.2) is 30.2 Å². The lowest BCUT2D eigenvalue weighted by atomic mass is 9.69. The van der Waals surface area contributed by atoms with E-state index in [4.69, 9.17) is 9.47 Å². The molecule has 0 bridgehead atoms. The second-order valence-corrected chi connectivity index (χ2v) is 5.74. The molecule has 2 fully saturated rings. The quantitative estimate of drug-likeness (QED) is 0.699. The molecule has 0 N–H and O–H groups in total. The van der Waals surface area contributed by atoms with Gasteiger partial charge in [0.2, 0.25) is 0 Å². The average Bonchev–Trinajstić information content (AvgIpc) is 2.56. The van der Waals surface area contributed by atoms with Crippen molar-refractivity contribution in [2.45, 2.75) is 43.7 Å². The van der Waals surface area contributed by atoms with Gasteiger partial charge in [-0.1, -0.05) is 29.8 Å². The van der Waals surface area contributed by atoms with Crippen molar-refractivity contribution in [2.24, 2.45) is 5.41 Å². The fraction of sp³-hybridized carbons (Fsp3) is 1.00. The number of hydrogen-bond acceptors (Lipinski definition) is 2. The van der Waals surface area contributed by atoms with E-state index in [1.807, 2.05) is 0 Å². The number of ether oxygens (including phenoxy) is 2. The van der Waals surface area contributed by atoms with Crippen molar-refractivity contribution in [3.8, 4) is 0 Å². The molecular weight excluding hydrogens is 232 g/mol. The third-order valence-electron chi connectivity index (χ3n) is 3.30. The summed E-state index contributed by atoms with van der Waals surface area (Å²) in [7, 11) is 0. The monoisotopic (exact) mass is 248 g/mol. The molecule has 3 unspecified atom stereocenters. The minimum Gasteiger partial charge on any atom is -0.379 e. The van der Waals surface area contributed by atoms with E-state index in [0.29, 0.717) is 22.5 Å². The van der Waals surface area contributed by atoms with Gasteiger partial charge in [-0.15, -0.1) is 0 Å². The average molecular weight is 249 g/mol. The molecule has 2 aliphatic rings. The van der Waals surface area contributed by atoms with Crippen LogP contribution < -0.4 is 0 Å². The van der Waals surface area contributed by atoms with E-state index in [1.54, 1.807) is 0 Å². The van der Waals surface area contributed by atoms with Gasteiger partial charge in [-0.25, -0.2) is 0 Å². The molecule has 0 amide bonds. The zero-order valence-electron chi connectivity index (χ0n) is 8.25. The van der Waals surface area contributed by atoms with Crippen LogP contribution in [0.4, 0.5) is 0 Å². The summed E-state index contributed by atoms with van der Waals surface area (Å²) in [4.78, 5) is 0.618. The van der Waals surface area contributed by atoms with Crippen LogP contribution >= 0.6 is 15.9 Å². The van der Waals surface area contributed by atoms with E-state index < -0.39 is 0 Å². The molecular formula is C10H17BrO2. The maximum Gasteiger partial charge on any atom is 0.0834 e. The van der Waals surface area contributed by atoms with E-state index in [2.05, 4.69) is 29.8 Å². The summed E-state index contributed by atoms with van der Waals surface area (Å²) in [5, 5.41) is 0. The van der Waals surface area contributed by atoms with Gasteiger partial charge in [-0.3, -0.25) is 0 Å². The minimum absolute atomic E-state index is 0.294. The second kappa shape index (κ2) is 3.52. The van der Waals surface area contributed by atoms with E-state index in [0.717, 1.165) is 26.1 Å². The third-order valence-corrected chi connectivity index (χ3v) is 4.86. The normalized spacial score (nSPS) is 43.2. The van der Waals surface area contributed by atoms with Crippen molar-refractivity contribution in [2.75, 3.05) is 13.2 Å². The van der Waals surface area contributed by atoms with Gasteiger partial charge in [0.05, 0.1) is 18.8 Å².